The average Bonchev–Trinajstić information content (AvgIpc) is 2.58. The highest BCUT2D eigenvalue weighted by molar-refractivity contribution is 5.21. The zero-order valence-electron chi connectivity index (χ0n) is 20.5. The average molecular weight is 447 g/mol. The molecule has 0 aromatic carbocycles. The van der Waals surface area contributed by atoms with E-state index in [1.807, 2.05) is 13.8 Å². The Balaban J connectivity index is 0. The summed E-state index contributed by atoms with van der Waals surface area (Å²) in [4.78, 5) is 0. The summed E-state index contributed by atoms with van der Waals surface area (Å²) in [7, 11) is 0. The van der Waals surface area contributed by atoms with Crippen LogP contribution in [0.1, 0.15) is 75.7 Å². The Morgan fingerprint density at radius 1 is 0.645 bits per heavy atom. The molecule has 0 amide bonds. The van der Waals surface area contributed by atoms with Crippen LogP contribution in [0.15, 0.2) is 0 Å². The van der Waals surface area contributed by atoms with Crippen molar-refractivity contribution in [1.82, 2.24) is 0 Å². The summed E-state index contributed by atoms with van der Waals surface area (Å²) in [5.41, 5.74) is -1.21. The van der Waals surface area contributed by atoms with Crippen molar-refractivity contribution in [2.24, 2.45) is 11.8 Å². The van der Waals surface area contributed by atoms with Crippen LogP contribution in [0.5, 0.6) is 0 Å². The van der Waals surface area contributed by atoms with E-state index in [4.69, 9.17) is 18.9 Å². The molecule has 0 fully saturated rings. The molecular formula is C25H50O6. The van der Waals surface area contributed by atoms with Crippen LogP contribution in [0.2, 0.25) is 0 Å². The van der Waals surface area contributed by atoms with Gasteiger partial charge in [0.1, 0.15) is 11.2 Å². The summed E-state index contributed by atoms with van der Waals surface area (Å²) in [5, 5.41) is 18.6. The molecule has 186 valence electrons. The van der Waals surface area contributed by atoms with Gasteiger partial charge in [-0.15, -0.1) is 0 Å². The van der Waals surface area contributed by atoms with Crippen molar-refractivity contribution in [1.29, 1.82) is 0 Å². The second kappa shape index (κ2) is 16.9. The quantitative estimate of drug-likeness (QED) is 0.275. The molecule has 0 aromatic heterocycles. The molecule has 0 saturated heterocycles. The second-order valence-electron chi connectivity index (χ2n) is 9.45. The minimum Gasteiger partial charge on any atom is -0.391 e. The van der Waals surface area contributed by atoms with Crippen molar-refractivity contribution < 1.29 is 29.2 Å². The first-order chi connectivity index (χ1) is 13.9. The van der Waals surface area contributed by atoms with Crippen molar-refractivity contribution in [3.63, 3.8) is 0 Å². The van der Waals surface area contributed by atoms with E-state index in [1.54, 1.807) is 13.8 Å². The first kappa shape index (κ1) is 32.5. The Labute approximate surface area is 192 Å². The van der Waals surface area contributed by atoms with Gasteiger partial charge in [-0.1, -0.05) is 47.0 Å². The van der Waals surface area contributed by atoms with E-state index in [9.17, 15) is 10.2 Å². The van der Waals surface area contributed by atoms with Crippen molar-refractivity contribution >= 4 is 0 Å². The largest absolute Gasteiger partial charge is 0.391 e. The summed E-state index contributed by atoms with van der Waals surface area (Å²) in [5.74, 6) is 7.55. The smallest absolute Gasteiger partial charge is 0.126 e. The number of aliphatic hydroxyl groups is 2. The topological polar surface area (TPSA) is 77.4 Å². The number of ether oxygens (including phenoxy) is 4. The molecule has 6 heteroatoms. The summed E-state index contributed by atoms with van der Waals surface area (Å²) < 4.78 is 23.0. The van der Waals surface area contributed by atoms with E-state index in [-0.39, 0.29) is 7.43 Å². The van der Waals surface area contributed by atoms with Crippen LogP contribution >= 0.6 is 0 Å². The lowest BCUT2D eigenvalue weighted by molar-refractivity contribution is -0.0490. The lowest BCUT2D eigenvalue weighted by Gasteiger charge is -2.30. The second-order valence-corrected chi connectivity index (χ2v) is 9.45. The predicted octanol–water partition coefficient (Wildman–Crippen LogP) is 4.06. The van der Waals surface area contributed by atoms with E-state index in [0.29, 0.717) is 51.5 Å². The molecular weight excluding hydrogens is 396 g/mol. The van der Waals surface area contributed by atoms with Crippen molar-refractivity contribution in [2.45, 2.75) is 99.1 Å². The van der Waals surface area contributed by atoms with Gasteiger partial charge in [-0.3, -0.25) is 0 Å². The molecule has 0 saturated carbocycles. The maximum atomic E-state index is 9.28. The molecule has 0 radical (unpaired) electrons. The fourth-order valence-corrected chi connectivity index (χ4v) is 3.27. The number of hydrogen-bond acceptors (Lipinski definition) is 6. The van der Waals surface area contributed by atoms with Gasteiger partial charge in [0, 0.05) is 0 Å². The van der Waals surface area contributed by atoms with Crippen LogP contribution in [-0.4, -0.2) is 73.3 Å². The maximum absolute atomic E-state index is 9.28. The van der Waals surface area contributed by atoms with Gasteiger partial charge in [0.15, 0.2) is 0 Å². The molecule has 0 aliphatic carbocycles. The standard InChI is InChI=1S/C24H46O6.CH4/c1-19(2)15-23(7,29-13-11-27-17-21(5)25)9-10-24(8,16-20(3)4)30-14-12-28-18-22(6)26;/h19-22,25-26H,11-18H2,1-8H3;1H4. The fourth-order valence-electron chi connectivity index (χ4n) is 3.27. The first-order valence-corrected chi connectivity index (χ1v) is 11.2. The molecule has 4 unspecified atom stereocenters. The van der Waals surface area contributed by atoms with Gasteiger partial charge in [-0.25, -0.2) is 0 Å². The van der Waals surface area contributed by atoms with Crippen LogP contribution in [0.4, 0.5) is 0 Å². The summed E-state index contributed by atoms with van der Waals surface area (Å²) in [6, 6.07) is 0. The third kappa shape index (κ3) is 18.6. The van der Waals surface area contributed by atoms with Crippen LogP contribution in [-0.2, 0) is 18.9 Å². The minimum atomic E-state index is -0.604. The molecule has 6 nitrogen and oxygen atoms in total. The normalized spacial score (nSPS) is 17.3. The predicted molar refractivity (Wildman–Crippen MR) is 127 cm³/mol. The van der Waals surface area contributed by atoms with Gasteiger partial charge in [-0.2, -0.15) is 0 Å². The third-order valence-electron chi connectivity index (χ3n) is 4.20. The molecule has 0 aromatic rings. The summed E-state index contributed by atoms with van der Waals surface area (Å²) in [6.45, 7) is 18.3. The summed E-state index contributed by atoms with van der Waals surface area (Å²) >= 11 is 0. The molecule has 0 spiro atoms. The molecule has 4 atom stereocenters. The molecule has 0 heterocycles. The maximum Gasteiger partial charge on any atom is 0.126 e. The fraction of sp³-hybridized carbons (Fsp3) is 0.920. The van der Waals surface area contributed by atoms with Crippen LogP contribution < -0.4 is 0 Å². The Morgan fingerprint density at radius 2 is 0.968 bits per heavy atom. The highest BCUT2D eigenvalue weighted by atomic mass is 16.5. The van der Waals surface area contributed by atoms with Gasteiger partial charge >= 0.3 is 0 Å². The van der Waals surface area contributed by atoms with E-state index in [0.717, 1.165) is 12.8 Å². The summed E-state index contributed by atoms with van der Waals surface area (Å²) in [6.07, 6.45) is 0.632. The number of hydrogen-bond donors (Lipinski definition) is 2. The van der Waals surface area contributed by atoms with Crippen molar-refractivity contribution in [3.05, 3.63) is 0 Å². The van der Waals surface area contributed by atoms with Crippen LogP contribution in [0.25, 0.3) is 0 Å². The SMILES string of the molecule is C.CC(C)CC(C)(C#CC(C)(CC(C)C)OCCOCC(C)O)OCCOCC(C)O. The van der Waals surface area contributed by atoms with Crippen molar-refractivity contribution in [3.8, 4) is 11.8 Å². The van der Waals surface area contributed by atoms with Gasteiger partial charge in [0.05, 0.1) is 51.8 Å². The zero-order valence-corrected chi connectivity index (χ0v) is 20.5. The molecule has 31 heavy (non-hydrogen) atoms. The Hall–Kier alpha value is -0.680. The Bertz CT molecular complexity index is 452. The van der Waals surface area contributed by atoms with Gasteiger partial charge in [-0.05, 0) is 52.4 Å². The van der Waals surface area contributed by atoms with Crippen LogP contribution in [0.3, 0.4) is 0 Å². The van der Waals surface area contributed by atoms with Crippen molar-refractivity contribution in [2.75, 3.05) is 39.6 Å². The van der Waals surface area contributed by atoms with Crippen LogP contribution in [0, 0.1) is 23.7 Å². The Kier molecular flexibility index (Phi) is 17.7. The van der Waals surface area contributed by atoms with E-state index in [2.05, 4.69) is 39.5 Å². The lowest BCUT2D eigenvalue weighted by atomic mass is 9.90. The number of rotatable bonds is 16. The lowest BCUT2D eigenvalue weighted by Crippen LogP contribution is -2.34. The van der Waals surface area contributed by atoms with Gasteiger partial charge < -0.3 is 29.2 Å². The zero-order chi connectivity index (χ0) is 23.2. The molecule has 0 aliphatic rings. The molecule has 0 bridgehead atoms. The van der Waals surface area contributed by atoms with E-state index < -0.39 is 23.4 Å². The highest BCUT2D eigenvalue weighted by Gasteiger charge is 2.28. The Morgan fingerprint density at radius 3 is 1.23 bits per heavy atom. The highest BCUT2D eigenvalue weighted by Crippen LogP contribution is 2.24. The number of aliphatic hydroxyl groups excluding tert-OH is 2. The molecule has 0 aliphatic heterocycles. The molecule has 2 N–H and O–H groups in total. The van der Waals surface area contributed by atoms with E-state index in [1.165, 1.54) is 0 Å². The minimum absolute atomic E-state index is 0. The third-order valence-corrected chi connectivity index (χ3v) is 4.20. The molecule has 0 rings (SSSR count). The monoisotopic (exact) mass is 446 g/mol. The first-order valence-electron chi connectivity index (χ1n) is 11.2. The van der Waals surface area contributed by atoms with Gasteiger partial charge in [0.25, 0.3) is 0 Å². The van der Waals surface area contributed by atoms with Gasteiger partial charge in [0.2, 0.25) is 0 Å². The van der Waals surface area contributed by atoms with E-state index >= 15 is 0 Å².